The highest BCUT2D eigenvalue weighted by Gasteiger charge is 2.28. The van der Waals surface area contributed by atoms with Crippen molar-refractivity contribution in [1.29, 1.82) is 0 Å². The summed E-state index contributed by atoms with van der Waals surface area (Å²) in [6, 6.07) is 8.42. The van der Waals surface area contributed by atoms with E-state index in [9.17, 15) is 9.59 Å². The van der Waals surface area contributed by atoms with Gasteiger partial charge in [0.2, 0.25) is 0 Å². The van der Waals surface area contributed by atoms with Gasteiger partial charge >= 0.3 is 11.9 Å². The van der Waals surface area contributed by atoms with Crippen LogP contribution in [0.4, 0.5) is 0 Å². The van der Waals surface area contributed by atoms with Gasteiger partial charge in [-0.3, -0.25) is 0 Å². The minimum atomic E-state index is -0.261. The molecule has 0 radical (unpaired) electrons. The molecule has 0 atom stereocenters. The van der Waals surface area contributed by atoms with E-state index < -0.39 is 0 Å². The van der Waals surface area contributed by atoms with Crippen molar-refractivity contribution in [3.05, 3.63) is 45.1 Å². The highest BCUT2D eigenvalue weighted by Crippen LogP contribution is 2.45. The molecule has 0 saturated carbocycles. The van der Waals surface area contributed by atoms with E-state index in [1.54, 1.807) is 11.3 Å². The van der Waals surface area contributed by atoms with Gasteiger partial charge in [0.15, 0.2) is 0 Å². The van der Waals surface area contributed by atoms with Crippen LogP contribution in [-0.4, -0.2) is 25.2 Å². The number of ether oxygens (including phenoxy) is 2. The summed E-state index contributed by atoms with van der Waals surface area (Å²) in [4.78, 5) is 30.8. The van der Waals surface area contributed by atoms with E-state index in [1.807, 2.05) is 13.8 Å². The molecule has 4 nitrogen and oxygen atoms in total. The molecule has 3 heterocycles. The zero-order valence-electron chi connectivity index (χ0n) is 20.6. The van der Waals surface area contributed by atoms with Crippen LogP contribution >= 0.6 is 34.0 Å². The predicted molar refractivity (Wildman–Crippen MR) is 140 cm³/mol. The third-order valence-corrected chi connectivity index (χ3v) is 8.80. The van der Waals surface area contributed by atoms with Gasteiger partial charge in [0.1, 0.15) is 9.75 Å². The molecule has 0 aliphatic carbocycles. The summed E-state index contributed by atoms with van der Waals surface area (Å²) in [5.74, 6) is -0.523. The first-order valence-electron chi connectivity index (χ1n) is 11.1. The summed E-state index contributed by atoms with van der Waals surface area (Å²) in [6.07, 6.45) is 0. The van der Waals surface area contributed by atoms with E-state index in [4.69, 9.17) is 9.47 Å². The molecule has 0 aliphatic heterocycles. The standard InChI is InChI=1S/C26H32O4S3/c1-9-29-23(27)21-15(25(3,4)5)13-19(32-21)17-11-12-18(31-17)20-14-16(26(6,7)8)22(33-20)24(28)30-10-2/h11-14H,9-10H2,1-8H3. The lowest BCUT2D eigenvalue weighted by Crippen LogP contribution is -2.15. The Labute approximate surface area is 208 Å². The second kappa shape index (κ2) is 9.72. The fourth-order valence-corrected chi connectivity index (χ4v) is 7.13. The molecule has 33 heavy (non-hydrogen) atoms. The van der Waals surface area contributed by atoms with E-state index in [0.717, 1.165) is 30.6 Å². The smallest absolute Gasteiger partial charge is 0.348 e. The Morgan fingerprint density at radius 1 is 0.667 bits per heavy atom. The molecule has 7 heteroatoms. The number of carbonyl (C=O) groups excluding carboxylic acids is 2. The first-order chi connectivity index (χ1) is 15.4. The largest absolute Gasteiger partial charge is 0.462 e. The molecular formula is C26H32O4S3. The maximum Gasteiger partial charge on any atom is 0.348 e. The number of rotatable bonds is 6. The van der Waals surface area contributed by atoms with Gasteiger partial charge in [-0.25, -0.2) is 9.59 Å². The maximum absolute atomic E-state index is 12.6. The van der Waals surface area contributed by atoms with Crippen LogP contribution in [0.25, 0.3) is 19.5 Å². The molecule has 0 unspecified atom stereocenters. The van der Waals surface area contributed by atoms with Crippen LogP contribution in [0.2, 0.25) is 0 Å². The molecular weight excluding hydrogens is 472 g/mol. The normalized spacial score (nSPS) is 12.1. The van der Waals surface area contributed by atoms with Gasteiger partial charge in [0, 0.05) is 19.5 Å². The summed E-state index contributed by atoms with van der Waals surface area (Å²) in [7, 11) is 0. The van der Waals surface area contributed by atoms with Crippen molar-refractivity contribution < 1.29 is 19.1 Å². The predicted octanol–water partition coefficient (Wildman–Crippen LogP) is 8.15. The zero-order valence-corrected chi connectivity index (χ0v) is 23.0. The molecule has 178 valence electrons. The van der Waals surface area contributed by atoms with Crippen LogP contribution in [0, 0.1) is 0 Å². The molecule has 0 aromatic carbocycles. The van der Waals surface area contributed by atoms with Crippen LogP contribution in [0.5, 0.6) is 0 Å². The van der Waals surface area contributed by atoms with Crippen LogP contribution in [-0.2, 0) is 20.3 Å². The Morgan fingerprint density at radius 3 is 1.33 bits per heavy atom. The van der Waals surface area contributed by atoms with Gasteiger partial charge in [0.05, 0.1) is 13.2 Å². The molecule has 0 amide bonds. The van der Waals surface area contributed by atoms with E-state index in [-0.39, 0.29) is 22.8 Å². The fourth-order valence-electron chi connectivity index (χ4n) is 3.44. The zero-order chi connectivity index (χ0) is 24.6. The number of hydrogen-bond donors (Lipinski definition) is 0. The van der Waals surface area contributed by atoms with Crippen LogP contribution in [0.15, 0.2) is 24.3 Å². The van der Waals surface area contributed by atoms with Crippen molar-refractivity contribution in [3.8, 4) is 19.5 Å². The van der Waals surface area contributed by atoms with E-state index in [1.165, 1.54) is 22.7 Å². The Balaban J connectivity index is 2.03. The van der Waals surface area contributed by atoms with Crippen molar-refractivity contribution in [3.63, 3.8) is 0 Å². The average molecular weight is 505 g/mol. The minimum Gasteiger partial charge on any atom is -0.462 e. The lowest BCUT2D eigenvalue weighted by molar-refractivity contribution is 0.0520. The average Bonchev–Trinajstić information content (AvgIpc) is 3.43. The lowest BCUT2D eigenvalue weighted by atomic mass is 9.87. The molecule has 0 bridgehead atoms. The van der Waals surface area contributed by atoms with Crippen molar-refractivity contribution in [1.82, 2.24) is 0 Å². The van der Waals surface area contributed by atoms with Crippen molar-refractivity contribution >= 4 is 45.9 Å². The Hall–Kier alpha value is -1.96. The van der Waals surface area contributed by atoms with E-state index >= 15 is 0 Å². The lowest BCUT2D eigenvalue weighted by Gasteiger charge is -2.18. The summed E-state index contributed by atoms with van der Waals surface area (Å²) < 4.78 is 10.6. The highest BCUT2D eigenvalue weighted by molar-refractivity contribution is 7.27. The monoisotopic (exact) mass is 504 g/mol. The number of hydrogen-bond acceptors (Lipinski definition) is 7. The Kier molecular flexibility index (Phi) is 7.56. The van der Waals surface area contributed by atoms with Crippen molar-refractivity contribution in [2.45, 2.75) is 66.2 Å². The third kappa shape index (κ3) is 5.58. The van der Waals surface area contributed by atoms with Gasteiger partial charge in [-0.2, -0.15) is 0 Å². The molecule has 0 fully saturated rings. The summed E-state index contributed by atoms with van der Waals surface area (Å²) in [5.41, 5.74) is 1.68. The summed E-state index contributed by atoms with van der Waals surface area (Å²) in [6.45, 7) is 17.0. The SMILES string of the molecule is CCOC(=O)c1sc(-c2ccc(-c3cc(C(C)(C)C)c(C(=O)OCC)s3)s2)cc1C(C)(C)C. The molecule has 3 aromatic heterocycles. The highest BCUT2D eigenvalue weighted by atomic mass is 32.1. The molecule has 0 N–H and O–H groups in total. The molecule has 0 saturated heterocycles. The number of carbonyl (C=O) groups is 2. The number of esters is 2. The van der Waals surface area contributed by atoms with Crippen molar-refractivity contribution in [2.75, 3.05) is 13.2 Å². The first-order valence-corrected chi connectivity index (χ1v) is 13.5. The quantitative estimate of drug-likeness (QED) is 0.318. The van der Waals surface area contributed by atoms with Gasteiger partial charge < -0.3 is 9.47 Å². The molecule has 3 rings (SSSR count). The topological polar surface area (TPSA) is 52.6 Å². The van der Waals surface area contributed by atoms with Crippen LogP contribution in [0.1, 0.15) is 85.9 Å². The second-order valence-electron chi connectivity index (χ2n) is 9.81. The fraction of sp³-hybridized carbons (Fsp3) is 0.462. The molecule has 0 spiro atoms. The second-order valence-corrected chi connectivity index (χ2v) is 13.0. The van der Waals surface area contributed by atoms with E-state index in [0.29, 0.717) is 23.0 Å². The maximum atomic E-state index is 12.6. The summed E-state index contributed by atoms with van der Waals surface area (Å²) in [5, 5.41) is 0. The van der Waals surface area contributed by atoms with Crippen molar-refractivity contribution in [2.24, 2.45) is 0 Å². The van der Waals surface area contributed by atoms with Crippen LogP contribution < -0.4 is 0 Å². The number of thiophene rings is 3. The van der Waals surface area contributed by atoms with Gasteiger partial charge in [0.25, 0.3) is 0 Å². The van der Waals surface area contributed by atoms with Gasteiger partial charge in [-0.15, -0.1) is 34.0 Å². The molecule has 0 aliphatic rings. The minimum absolute atomic E-state index is 0.166. The summed E-state index contributed by atoms with van der Waals surface area (Å²) >= 11 is 4.64. The molecule has 3 aromatic rings. The first kappa shape index (κ1) is 25.7. The van der Waals surface area contributed by atoms with Gasteiger partial charge in [-0.05, 0) is 60.1 Å². The Bertz CT molecular complexity index is 1060. The van der Waals surface area contributed by atoms with Gasteiger partial charge in [-0.1, -0.05) is 41.5 Å². The van der Waals surface area contributed by atoms with Crippen LogP contribution in [0.3, 0.4) is 0 Å². The Morgan fingerprint density at radius 2 is 1.03 bits per heavy atom. The van der Waals surface area contributed by atoms with E-state index in [2.05, 4.69) is 65.8 Å². The third-order valence-electron chi connectivity index (χ3n) is 5.09.